The first-order chi connectivity index (χ1) is 8.17. The van der Waals surface area contributed by atoms with E-state index in [0.29, 0.717) is 12.2 Å². The van der Waals surface area contributed by atoms with Crippen molar-refractivity contribution >= 4 is 9.84 Å². The number of sulfone groups is 1. The lowest BCUT2D eigenvalue weighted by Crippen LogP contribution is -2.22. The molecule has 1 aromatic rings. The van der Waals surface area contributed by atoms with Crippen molar-refractivity contribution in [2.24, 2.45) is 0 Å². The van der Waals surface area contributed by atoms with Crippen LogP contribution in [0.25, 0.3) is 0 Å². The molecule has 1 saturated heterocycles. The first-order valence-electron chi connectivity index (χ1n) is 6.42. The summed E-state index contributed by atoms with van der Waals surface area (Å²) in [6.07, 6.45) is 7.68. The van der Waals surface area contributed by atoms with Crippen molar-refractivity contribution in [1.82, 2.24) is 9.55 Å². The van der Waals surface area contributed by atoms with E-state index in [0.717, 1.165) is 31.6 Å². The Morgan fingerprint density at radius 3 is 3.00 bits per heavy atom. The first-order valence-corrected chi connectivity index (χ1v) is 8.13. The standard InChI is InChI=1S/C12H18N2O2S/c15-17(16)7-3-5-11(17)8-12-13-9-10-4-1-2-6-14(10)12/h9,11H,1-8H2. The van der Waals surface area contributed by atoms with Gasteiger partial charge in [0.1, 0.15) is 5.82 Å². The van der Waals surface area contributed by atoms with E-state index in [1.165, 1.54) is 18.5 Å². The fraction of sp³-hybridized carbons (Fsp3) is 0.750. The van der Waals surface area contributed by atoms with Crippen molar-refractivity contribution in [2.75, 3.05) is 5.75 Å². The summed E-state index contributed by atoms with van der Waals surface area (Å²) < 4.78 is 25.9. The smallest absolute Gasteiger partial charge is 0.153 e. The molecular formula is C12H18N2O2S. The zero-order valence-corrected chi connectivity index (χ0v) is 10.7. The Kier molecular flexibility index (Phi) is 2.73. The molecule has 17 heavy (non-hydrogen) atoms. The van der Waals surface area contributed by atoms with E-state index >= 15 is 0 Å². The molecule has 0 N–H and O–H groups in total. The lowest BCUT2D eigenvalue weighted by atomic mass is 10.1. The number of nitrogens with zero attached hydrogens (tertiary/aromatic N) is 2. The molecule has 2 aliphatic rings. The number of hydrogen-bond acceptors (Lipinski definition) is 3. The molecule has 5 heteroatoms. The molecule has 1 fully saturated rings. The molecule has 2 aliphatic heterocycles. The Morgan fingerprint density at radius 2 is 2.24 bits per heavy atom. The number of aromatic nitrogens is 2. The average molecular weight is 254 g/mol. The van der Waals surface area contributed by atoms with Crippen molar-refractivity contribution in [1.29, 1.82) is 0 Å². The van der Waals surface area contributed by atoms with E-state index in [4.69, 9.17) is 0 Å². The lowest BCUT2D eigenvalue weighted by molar-refractivity contribution is 0.508. The second-order valence-electron chi connectivity index (χ2n) is 5.11. The zero-order valence-electron chi connectivity index (χ0n) is 9.93. The molecule has 0 radical (unpaired) electrons. The highest BCUT2D eigenvalue weighted by Gasteiger charge is 2.32. The fourth-order valence-corrected chi connectivity index (χ4v) is 4.79. The Morgan fingerprint density at radius 1 is 1.35 bits per heavy atom. The minimum absolute atomic E-state index is 0.184. The highest BCUT2D eigenvalue weighted by molar-refractivity contribution is 7.92. The highest BCUT2D eigenvalue weighted by atomic mass is 32.2. The summed E-state index contributed by atoms with van der Waals surface area (Å²) in [6.45, 7) is 1.01. The second-order valence-corrected chi connectivity index (χ2v) is 7.51. The van der Waals surface area contributed by atoms with Gasteiger partial charge in [0.15, 0.2) is 9.84 Å². The normalized spacial score (nSPS) is 26.9. The Hall–Kier alpha value is -0.840. The summed E-state index contributed by atoms with van der Waals surface area (Å²) in [6, 6.07) is 0. The van der Waals surface area contributed by atoms with Gasteiger partial charge in [-0.2, -0.15) is 0 Å². The number of imidazole rings is 1. The Balaban J connectivity index is 1.84. The van der Waals surface area contributed by atoms with Gasteiger partial charge in [0.05, 0.1) is 11.0 Å². The van der Waals surface area contributed by atoms with Gasteiger partial charge in [-0.3, -0.25) is 0 Å². The first kappa shape index (κ1) is 11.3. The van der Waals surface area contributed by atoms with E-state index in [9.17, 15) is 8.42 Å². The van der Waals surface area contributed by atoms with Crippen molar-refractivity contribution in [3.05, 3.63) is 17.7 Å². The average Bonchev–Trinajstić information content (AvgIpc) is 2.85. The van der Waals surface area contributed by atoms with Gasteiger partial charge < -0.3 is 4.57 Å². The highest BCUT2D eigenvalue weighted by Crippen LogP contribution is 2.25. The number of hydrogen-bond donors (Lipinski definition) is 0. The molecule has 0 bridgehead atoms. The van der Waals surface area contributed by atoms with E-state index in [-0.39, 0.29) is 5.25 Å². The zero-order chi connectivity index (χ0) is 11.9. The molecule has 3 rings (SSSR count). The van der Waals surface area contributed by atoms with Crippen molar-refractivity contribution in [2.45, 2.75) is 50.3 Å². The maximum atomic E-state index is 11.8. The predicted molar refractivity (Wildman–Crippen MR) is 65.7 cm³/mol. The monoisotopic (exact) mass is 254 g/mol. The topological polar surface area (TPSA) is 52.0 Å². The van der Waals surface area contributed by atoms with Gasteiger partial charge in [-0.1, -0.05) is 0 Å². The summed E-state index contributed by atoms with van der Waals surface area (Å²) in [5.74, 6) is 1.35. The summed E-state index contributed by atoms with van der Waals surface area (Å²) in [4.78, 5) is 4.43. The van der Waals surface area contributed by atoms with Gasteiger partial charge in [-0.25, -0.2) is 13.4 Å². The van der Waals surface area contributed by atoms with E-state index < -0.39 is 9.84 Å². The van der Waals surface area contributed by atoms with Gasteiger partial charge in [0.25, 0.3) is 0 Å². The summed E-state index contributed by atoms with van der Waals surface area (Å²) >= 11 is 0. The molecule has 0 aromatic carbocycles. The van der Waals surface area contributed by atoms with Crippen LogP contribution in [0.2, 0.25) is 0 Å². The van der Waals surface area contributed by atoms with Crippen LogP contribution in [-0.4, -0.2) is 29.0 Å². The van der Waals surface area contributed by atoms with Crippen LogP contribution >= 0.6 is 0 Å². The van der Waals surface area contributed by atoms with Gasteiger partial charge in [-0.15, -0.1) is 0 Å². The molecule has 0 aliphatic carbocycles. The summed E-state index contributed by atoms with van der Waals surface area (Å²) in [7, 11) is -2.84. The summed E-state index contributed by atoms with van der Waals surface area (Å²) in [5, 5.41) is -0.184. The molecular weight excluding hydrogens is 236 g/mol. The SMILES string of the molecule is O=S1(=O)CCCC1Cc1ncc2n1CCCC2. The summed E-state index contributed by atoms with van der Waals surface area (Å²) in [5.41, 5.74) is 1.28. The largest absolute Gasteiger partial charge is 0.332 e. The van der Waals surface area contributed by atoms with Crippen LogP contribution < -0.4 is 0 Å². The third kappa shape index (κ3) is 2.01. The third-order valence-electron chi connectivity index (χ3n) is 3.96. The molecule has 94 valence electrons. The molecule has 1 atom stereocenters. The minimum Gasteiger partial charge on any atom is -0.332 e. The molecule has 1 aromatic heterocycles. The molecule has 0 spiro atoms. The van der Waals surface area contributed by atoms with Gasteiger partial charge in [0, 0.05) is 24.9 Å². The van der Waals surface area contributed by atoms with Crippen LogP contribution in [0.3, 0.4) is 0 Å². The van der Waals surface area contributed by atoms with Crippen LogP contribution in [0, 0.1) is 0 Å². The molecule has 0 amide bonds. The number of rotatable bonds is 2. The second kappa shape index (κ2) is 4.12. The van der Waals surface area contributed by atoms with Crippen LogP contribution in [0.4, 0.5) is 0 Å². The van der Waals surface area contributed by atoms with E-state index in [1.807, 2.05) is 6.20 Å². The van der Waals surface area contributed by atoms with Crippen molar-refractivity contribution < 1.29 is 8.42 Å². The maximum absolute atomic E-state index is 11.8. The van der Waals surface area contributed by atoms with Gasteiger partial charge in [-0.05, 0) is 32.1 Å². The van der Waals surface area contributed by atoms with E-state index in [2.05, 4.69) is 9.55 Å². The number of fused-ring (bicyclic) bond motifs is 1. The van der Waals surface area contributed by atoms with Gasteiger partial charge >= 0.3 is 0 Å². The van der Waals surface area contributed by atoms with Crippen molar-refractivity contribution in [3.8, 4) is 0 Å². The Bertz CT molecular complexity index is 519. The van der Waals surface area contributed by atoms with Crippen LogP contribution in [0.1, 0.15) is 37.2 Å². The third-order valence-corrected chi connectivity index (χ3v) is 6.23. The molecule has 1 unspecified atom stereocenters. The fourth-order valence-electron chi connectivity index (χ4n) is 2.96. The van der Waals surface area contributed by atoms with Crippen LogP contribution in [0.15, 0.2) is 6.20 Å². The van der Waals surface area contributed by atoms with E-state index in [1.54, 1.807) is 0 Å². The Labute approximate surface area is 102 Å². The van der Waals surface area contributed by atoms with Gasteiger partial charge in [0.2, 0.25) is 0 Å². The lowest BCUT2D eigenvalue weighted by Gasteiger charge is -2.17. The predicted octanol–water partition coefficient (Wildman–Crippen LogP) is 1.34. The van der Waals surface area contributed by atoms with Crippen molar-refractivity contribution in [3.63, 3.8) is 0 Å². The molecule has 0 saturated carbocycles. The van der Waals surface area contributed by atoms with Crippen LogP contribution in [0.5, 0.6) is 0 Å². The minimum atomic E-state index is -2.84. The molecule has 3 heterocycles. The molecule has 4 nitrogen and oxygen atoms in total. The number of aryl methyl sites for hydroxylation is 1. The maximum Gasteiger partial charge on any atom is 0.153 e. The quantitative estimate of drug-likeness (QED) is 0.800. The van der Waals surface area contributed by atoms with Crippen LogP contribution in [-0.2, 0) is 29.2 Å².